The van der Waals surface area contributed by atoms with Crippen molar-refractivity contribution in [3.05, 3.63) is 46.5 Å². The number of guanidine groups is 1. The maximum Gasteiger partial charge on any atom is 0.287 e. The van der Waals surface area contributed by atoms with E-state index in [4.69, 9.17) is 10.2 Å². The van der Waals surface area contributed by atoms with Gasteiger partial charge in [0.2, 0.25) is 0 Å². The highest BCUT2D eigenvalue weighted by atomic mass is 32.1. The largest absolute Gasteiger partial charge is 0.459 e. The number of nitrogens with zero attached hydrogens (tertiary/aromatic N) is 1. The highest BCUT2D eigenvalue weighted by Gasteiger charge is 2.06. The van der Waals surface area contributed by atoms with Gasteiger partial charge >= 0.3 is 0 Å². The molecule has 0 radical (unpaired) electrons. The van der Waals surface area contributed by atoms with Gasteiger partial charge in [0.1, 0.15) is 0 Å². The van der Waals surface area contributed by atoms with Gasteiger partial charge in [0.05, 0.1) is 6.26 Å². The van der Waals surface area contributed by atoms with Gasteiger partial charge in [0.15, 0.2) is 11.7 Å². The minimum Gasteiger partial charge on any atom is -0.459 e. The second kappa shape index (κ2) is 8.11. The maximum absolute atomic E-state index is 11.6. The van der Waals surface area contributed by atoms with Gasteiger partial charge in [-0.05, 0) is 23.6 Å². The summed E-state index contributed by atoms with van der Waals surface area (Å²) in [6, 6.07) is 7.38. The van der Waals surface area contributed by atoms with Crippen molar-refractivity contribution in [3.8, 4) is 0 Å². The number of nitrogens with one attached hydrogen (secondary N) is 2. The predicted molar refractivity (Wildman–Crippen MR) is 83.6 cm³/mol. The molecule has 112 valence electrons. The number of furan rings is 1. The lowest BCUT2D eigenvalue weighted by molar-refractivity contribution is 0.0926. The van der Waals surface area contributed by atoms with Crippen molar-refractivity contribution in [2.24, 2.45) is 10.7 Å². The van der Waals surface area contributed by atoms with Crippen molar-refractivity contribution in [2.75, 3.05) is 19.6 Å². The molecule has 21 heavy (non-hydrogen) atoms. The minimum absolute atomic E-state index is 0.241. The molecule has 7 heteroatoms. The molecule has 0 spiro atoms. The van der Waals surface area contributed by atoms with Crippen molar-refractivity contribution >= 4 is 23.2 Å². The van der Waals surface area contributed by atoms with E-state index in [1.807, 2.05) is 11.4 Å². The molecule has 0 aromatic carbocycles. The average molecular weight is 306 g/mol. The van der Waals surface area contributed by atoms with E-state index >= 15 is 0 Å². The van der Waals surface area contributed by atoms with Crippen LogP contribution in [0.3, 0.4) is 0 Å². The van der Waals surface area contributed by atoms with Crippen LogP contribution in [0.15, 0.2) is 45.3 Å². The topological polar surface area (TPSA) is 92.6 Å². The third-order valence-corrected chi connectivity index (χ3v) is 3.62. The van der Waals surface area contributed by atoms with Crippen molar-refractivity contribution in [3.63, 3.8) is 0 Å². The number of hydrogen-bond donors (Lipinski definition) is 3. The molecule has 2 rings (SSSR count). The summed E-state index contributed by atoms with van der Waals surface area (Å²) in [5.74, 6) is 0.446. The summed E-state index contributed by atoms with van der Waals surface area (Å²) in [6.07, 6.45) is 2.35. The zero-order valence-electron chi connectivity index (χ0n) is 11.5. The average Bonchev–Trinajstić information content (AvgIpc) is 3.16. The Labute approximate surface area is 127 Å². The molecule has 0 aliphatic carbocycles. The Morgan fingerprint density at radius 2 is 2.14 bits per heavy atom. The van der Waals surface area contributed by atoms with E-state index in [1.54, 1.807) is 23.5 Å². The Balaban J connectivity index is 1.58. The summed E-state index contributed by atoms with van der Waals surface area (Å²) < 4.78 is 4.98. The molecule has 2 aromatic heterocycles. The van der Waals surface area contributed by atoms with Crippen LogP contribution in [0, 0.1) is 0 Å². The molecule has 0 bridgehead atoms. The molecule has 0 fully saturated rings. The molecule has 2 heterocycles. The Hall–Kier alpha value is -2.28. The van der Waals surface area contributed by atoms with Crippen LogP contribution in [-0.4, -0.2) is 31.5 Å². The van der Waals surface area contributed by atoms with Gasteiger partial charge in [0.25, 0.3) is 5.91 Å². The Kier molecular flexibility index (Phi) is 5.83. The van der Waals surface area contributed by atoms with E-state index in [0.717, 1.165) is 6.42 Å². The molecule has 0 saturated carbocycles. The zero-order valence-corrected chi connectivity index (χ0v) is 12.4. The predicted octanol–water partition coefficient (Wildman–Crippen LogP) is 1.22. The van der Waals surface area contributed by atoms with Crippen molar-refractivity contribution < 1.29 is 9.21 Å². The number of carbonyl (C=O) groups excluding carboxylic acids is 1. The Bertz CT molecular complexity index is 564. The first kappa shape index (κ1) is 15.1. The number of carbonyl (C=O) groups is 1. The van der Waals surface area contributed by atoms with Crippen molar-refractivity contribution in [1.29, 1.82) is 0 Å². The van der Waals surface area contributed by atoms with Crippen molar-refractivity contribution in [2.45, 2.75) is 6.42 Å². The fourth-order valence-electron chi connectivity index (χ4n) is 1.66. The molecular weight excluding hydrogens is 288 g/mol. The molecule has 2 aromatic rings. The van der Waals surface area contributed by atoms with E-state index in [1.165, 1.54) is 11.1 Å². The van der Waals surface area contributed by atoms with Crippen LogP contribution in [0.2, 0.25) is 0 Å². The van der Waals surface area contributed by atoms with Gasteiger partial charge in [-0.1, -0.05) is 6.07 Å². The Morgan fingerprint density at radius 3 is 2.86 bits per heavy atom. The number of nitrogens with two attached hydrogens (primary N) is 1. The molecule has 0 saturated heterocycles. The van der Waals surface area contributed by atoms with Gasteiger partial charge in [-0.25, -0.2) is 0 Å². The molecule has 0 aliphatic rings. The Morgan fingerprint density at radius 1 is 1.29 bits per heavy atom. The molecule has 4 N–H and O–H groups in total. The SMILES string of the molecule is NC(=NCCc1cccs1)NCCNC(=O)c1ccco1. The lowest BCUT2D eigenvalue weighted by Crippen LogP contribution is -2.38. The van der Waals surface area contributed by atoms with Crippen LogP contribution in [0.4, 0.5) is 0 Å². The van der Waals surface area contributed by atoms with Gasteiger partial charge < -0.3 is 20.8 Å². The number of hydrogen-bond acceptors (Lipinski definition) is 4. The second-order valence-corrected chi connectivity index (χ2v) is 5.29. The number of rotatable bonds is 7. The van der Waals surface area contributed by atoms with Crippen LogP contribution < -0.4 is 16.4 Å². The van der Waals surface area contributed by atoms with Gasteiger partial charge in [-0.15, -0.1) is 11.3 Å². The van der Waals surface area contributed by atoms with E-state index in [-0.39, 0.29) is 5.91 Å². The van der Waals surface area contributed by atoms with Gasteiger partial charge in [-0.3, -0.25) is 9.79 Å². The quantitative estimate of drug-likeness (QED) is 0.407. The summed E-state index contributed by atoms with van der Waals surface area (Å²) >= 11 is 1.71. The number of thiophene rings is 1. The minimum atomic E-state index is -0.241. The van der Waals surface area contributed by atoms with Crippen molar-refractivity contribution in [1.82, 2.24) is 10.6 Å². The van der Waals surface area contributed by atoms with Crippen LogP contribution in [0.25, 0.3) is 0 Å². The molecule has 0 atom stereocenters. The lowest BCUT2D eigenvalue weighted by atomic mass is 10.3. The highest BCUT2D eigenvalue weighted by Crippen LogP contribution is 2.08. The maximum atomic E-state index is 11.6. The van der Waals surface area contributed by atoms with Crippen LogP contribution in [0.5, 0.6) is 0 Å². The smallest absolute Gasteiger partial charge is 0.287 e. The fraction of sp³-hybridized carbons (Fsp3) is 0.286. The summed E-state index contributed by atoms with van der Waals surface area (Å²) in [5, 5.41) is 7.71. The molecule has 1 amide bonds. The first-order valence-electron chi connectivity index (χ1n) is 6.63. The second-order valence-electron chi connectivity index (χ2n) is 4.26. The summed E-state index contributed by atoms with van der Waals surface area (Å²) in [4.78, 5) is 17.1. The highest BCUT2D eigenvalue weighted by molar-refractivity contribution is 7.09. The summed E-state index contributed by atoms with van der Waals surface area (Å²) in [5.41, 5.74) is 5.74. The van der Waals surface area contributed by atoms with E-state index in [9.17, 15) is 4.79 Å². The lowest BCUT2D eigenvalue weighted by Gasteiger charge is -2.06. The van der Waals surface area contributed by atoms with E-state index < -0.39 is 0 Å². The monoisotopic (exact) mass is 306 g/mol. The van der Waals surface area contributed by atoms with Gasteiger partial charge in [-0.2, -0.15) is 0 Å². The van der Waals surface area contributed by atoms with Crippen LogP contribution >= 0.6 is 11.3 Å². The normalized spacial score (nSPS) is 11.3. The summed E-state index contributed by atoms with van der Waals surface area (Å²) in [6.45, 7) is 1.61. The third kappa shape index (κ3) is 5.31. The first-order chi connectivity index (χ1) is 10.3. The standard InChI is InChI=1S/C14H18N4O2S/c15-14(17-6-5-11-3-2-10-21-11)18-8-7-16-13(19)12-4-1-9-20-12/h1-4,9-10H,5-8H2,(H,16,19)(H3,15,17,18). The number of aliphatic imine (C=N–C) groups is 1. The van der Waals surface area contributed by atoms with Crippen LogP contribution in [-0.2, 0) is 6.42 Å². The molecule has 6 nitrogen and oxygen atoms in total. The van der Waals surface area contributed by atoms with E-state index in [2.05, 4.69) is 21.7 Å². The number of amides is 1. The molecule has 0 aliphatic heterocycles. The molecular formula is C14H18N4O2S. The van der Waals surface area contributed by atoms with E-state index in [0.29, 0.717) is 31.4 Å². The van der Waals surface area contributed by atoms with Crippen LogP contribution in [0.1, 0.15) is 15.4 Å². The molecule has 0 unspecified atom stereocenters. The third-order valence-electron chi connectivity index (χ3n) is 2.68. The van der Waals surface area contributed by atoms with Gasteiger partial charge in [0, 0.05) is 30.9 Å². The zero-order chi connectivity index (χ0) is 14.9. The summed E-state index contributed by atoms with van der Waals surface area (Å²) in [7, 11) is 0. The first-order valence-corrected chi connectivity index (χ1v) is 7.51. The fourth-order valence-corrected chi connectivity index (χ4v) is 2.36.